The Bertz CT molecular complexity index is 429. The molecule has 0 bridgehead atoms. The standard InChI is InChI=1S/C16H21ClO2/c1-4-6-10-15(19-16(18)5-2)12(3)13-8-7-9-14(17)11-13/h4,7-9,11-12,15H,1,5-6,10H2,2-3H3. The van der Waals surface area contributed by atoms with Crippen molar-refractivity contribution in [3.8, 4) is 0 Å². The number of esters is 1. The van der Waals surface area contributed by atoms with E-state index in [4.69, 9.17) is 16.3 Å². The first kappa shape index (κ1) is 15.8. The number of hydrogen-bond acceptors (Lipinski definition) is 2. The van der Waals surface area contributed by atoms with Gasteiger partial charge in [-0.2, -0.15) is 0 Å². The van der Waals surface area contributed by atoms with E-state index < -0.39 is 0 Å². The van der Waals surface area contributed by atoms with Crippen LogP contribution in [0.2, 0.25) is 5.02 Å². The minimum Gasteiger partial charge on any atom is -0.462 e. The third-order valence-corrected chi connectivity index (χ3v) is 3.39. The van der Waals surface area contributed by atoms with Gasteiger partial charge in [-0.15, -0.1) is 6.58 Å². The average molecular weight is 281 g/mol. The molecule has 0 aliphatic heterocycles. The highest BCUT2D eigenvalue weighted by Gasteiger charge is 2.22. The lowest BCUT2D eigenvalue weighted by atomic mass is 9.92. The van der Waals surface area contributed by atoms with Crippen molar-refractivity contribution in [1.82, 2.24) is 0 Å². The summed E-state index contributed by atoms with van der Waals surface area (Å²) in [7, 11) is 0. The predicted octanol–water partition coefficient (Wildman–Crippen LogP) is 4.73. The molecule has 0 saturated carbocycles. The fourth-order valence-electron chi connectivity index (χ4n) is 1.95. The SMILES string of the molecule is C=CCCC(OC(=O)CC)C(C)c1cccc(Cl)c1. The van der Waals surface area contributed by atoms with Crippen LogP contribution >= 0.6 is 11.6 Å². The molecule has 0 aromatic heterocycles. The molecular weight excluding hydrogens is 260 g/mol. The molecule has 0 amide bonds. The van der Waals surface area contributed by atoms with Crippen LogP contribution in [0.15, 0.2) is 36.9 Å². The number of rotatable bonds is 7. The largest absolute Gasteiger partial charge is 0.462 e. The van der Waals surface area contributed by atoms with Crippen molar-refractivity contribution < 1.29 is 9.53 Å². The van der Waals surface area contributed by atoms with Gasteiger partial charge in [0.2, 0.25) is 0 Å². The van der Waals surface area contributed by atoms with Crippen LogP contribution in [0, 0.1) is 0 Å². The summed E-state index contributed by atoms with van der Waals surface area (Å²) in [6.45, 7) is 7.58. The maximum Gasteiger partial charge on any atom is 0.305 e. The van der Waals surface area contributed by atoms with E-state index in [0.717, 1.165) is 18.4 Å². The van der Waals surface area contributed by atoms with Crippen molar-refractivity contribution in [2.75, 3.05) is 0 Å². The van der Waals surface area contributed by atoms with E-state index in [2.05, 4.69) is 13.5 Å². The normalized spacial score (nSPS) is 13.6. The first-order valence-corrected chi connectivity index (χ1v) is 7.02. The Morgan fingerprint density at radius 1 is 1.53 bits per heavy atom. The molecule has 0 spiro atoms. The minimum atomic E-state index is -0.164. The minimum absolute atomic E-state index is 0.120. The fraction of sp³-hybridized carbons (Fsp3) is 0.438. The molecule has 0 radical (unpaired) electrons. The molecular formula is C16H21ClO2. The third kappa shape index (κ3) is 5.07. The molecule has 3 heteroatoms. The van der Waals surface area contributed by atoms with Gasteiger partial charge in [0.1, 0.15) is 6.10 Å². The number of halogens is 1. The Hall–Kier alpha value is -1.28. The Kier molecular flexibility index (Phi) is 6.65. The molecule has 2 unspecified atom stereocenters. The molecule has 104 valence electrons. The van der Waals surface area contributed by atoms with Gasteiger partial charge in [0, 0.05) is 17.4 Å². The molecule has 2 atom stereocenters. The van der Waals surface area contributed by atoms with E-state index in [1.165, 1.54) is 0 Å². The van der Waals surface area contributed by atoms with Crippen molar-refractivity contribution in [2.45, 2.75) is 45.1 Å². The van der Waals surface area contributed by atoms with Crippen LogP contribution in [0.3, 0.4) is 0 Å². The molecule has 0 aliphatic rings. The molecule has 1 aromatic carbocycles. The number of hydrogen-bond donors (Lipinski definition) is 0. The summed E-state index contributed by atoms with van der Waals surface area (Å²) in [5, 5.41) is 0.702. The van der Waals surface area contributed by atoms with E-state index >= 15 is 0 Å². The van der Waals surface area contributed by atoms with Crippen LogP contribution in [0.5, 0.6) is 0 Å². The molecule has 1 rings (SSSR count). The van der Waals surface area contributed by atoms with Crippen LogP contribution in [0.4, 0.5) is 0 Å². The monoisotopic (exact) mass is 280 g/mol. The van der Waals surface area contributed by atoms with Crippen LogP contribution in [-0.2, 0) is 9.53 Å². The molecule has 2 nitrogen and oxygen atoms in total. The van der Waals surface area contributed by atoms with Crippen molar-refractivity contribution in [3.63, 3.8) is 0 Å². The second-order valence-electron chi connectivity index (χ2n) is 4.59. The van der Waals surface area contributed by atoms with Gasteiger partial charge in [-0.1, -0.05) is 43.7 Å². The lowest BCUT2D eigenvalue weighted by Crippen LogP contribution is -2.23. The molecule has 1 aromatic rings. The number of allylic oxidation sites excluding steroid dienone is 1. The van der Waals surface area contributed by atoms with Crippen molar-refractivity contribution in [2.24, 2.45) is 0 Å². The number of carbonyl (C=O) groups is 1. The van der Waals surface area contributed by atoms with Gasteiger partial charge in [0.15, 0.2) is 0 Å². The Balaban J connectivity index is 2.82. The summed E-state index contributed by atoms with van der Waals surface area (Å²) in [5.74, 6) is -0.0444. The summed E-state index contributed by atoms with van der Waals surface area (Å²) in [5.41, 5.74) is 1.09. The van der Waals surface area contributed by atoms with Crippen molar-refractivity contribution >= 4 is 17.6 Å². The second kappa shape index (κ2) is 8.00. The van der Waals surface area contributed by atoms with Gasteiger partial charge >= 0.3 is 5.97 Å². The summed E-state index contributed by atoms with van der Waals surface area (Å²) in [4.78, 5) is 11.5. The first-order valence-electron chi connectivity index (χ1n) is 6.64. The maximum atomic E-state index is 11.5. The highest BCUT2D eigenvalue weighted by atomic mass is 35.5. The summed E-state index contributed by atoms with van der Waals surface area (Å²) in [6.07, 6.45) is 3.71. The van der Waals surface area contributed by atoms with Crippen LogP contribution < -0.4 is 0 Å². The average Bonchev–Trinajstić information content (AvgIpc) is 2.42. The lowest BCUT2D eigenvalue weighted by Gasteiger charge is -2.24. The van der Waals surface area contributed by atoms with Crippen LogP contribution in [0.25, 0.3) is 0 Å². The van der Waals surface area contributed by atoms with E-state index in [1.54, 1.807) is 6.92 Å². The number of carbonyl (C=O) groups excluding carboxylic acids is 1. The van der Waals surface area contributed by atoms with Crippen LogP contribution in [-0.4, -0.2) is 12.1 Å². The van der Waals surface area contributed by atoms with E-state index in [0.29, 0.717) is 11.4 Å². The van der Waals surface area contributed by atoms with Crippen LogP contribution in [0.1, 0.15) is 44.6 Å². The number of benzene rings is 1. The summed E-state index contributed by atoms with van der Waals surface area (Å²) >= 11 is 6.01. The topological polar surface area (TPSA) is 26.3 Å². The molecule has 0 saturated heterocycles. The molecule has 0 aliphatic carbocycles. The zero-order chi connectivity index (χ0) is 14.3. The second-order valence-corrected chi connectivity index (χ2v) is 5.03. The fourth-order valence-corrected chi connectivity index (χ4v) is 2.15. The van der Waals surface area contributed by atoms with Gasteiger partial charge in [-0.25, -0.2) is 0 Å². The third-order valence-electron chi connectivity index (χ3n) is 3.16. The predicted molar refractivity (Wildman–Crippen MR) is 79.5 cm³/mol. The molecule has 0 heterocycles. The lowest BCUT2D eigenvalue weighted by molar-refractivity contribution is -0.150. The van der Waals surface area contributed by atoms with E-state index in [1.807, 2.05) is 30.3 Å². The Labute approximate surface area is 120 Å². The Morgan fingerprint density at radius 3 is 2.84 bits per heavy atom. The number of ether oxygens (including phenoxy) is 1. The Morgan fingerprint density at radius 2 is 2.26 bits per heavy atom. The van der Waals surface area contributed by atoms with Crippen molar-refractivity contribution in [3.05, 3.63) is 47.5 Å². The van der Waals surface area contributed by atoms with Gasteiger partial charge in [-0.3, -0.25) is 4.79 Å². The molecule has 0 fully saturated rings. The van der Waals surface area contributed by atoms with Crippen molar-refractivity contribution in [1.29, 1.82) is 0 Å². The molecule has 19 heavy (non-hydrogen) atoms. The summed E-state index contributed by atoms with van der Waals surface area (Å²) in [6, 6.07) is 7.69. The first-order chi connectivity index (χ1) is 9.08. The van der Waals surface area contributed by atoms with Gasteiger partial charge in [-0.05, 0) is 30.5 Å². The molecule has 0 N–H and O–H groups in total. The quantitative estimate of drug-likeness (QED) is 0.533. The van der Waals surface area contributed by atoms with E-state index in [9.17, 15) is 4.79 Å². The smallest absolute Gasteiger partial charge is 0.305 e. The maximum absolute atomic E-state index is 11.5. The zero-order valence-electron chi connectivity index (χ0n) is 11.6. The van der Waals surface area contributed by atoms with Gasteiger partial charge in [0.25, 0.3) is 0 Å². The highest BCUT2D eigenvalue weighted by molar-refractivity contribution is 6.30. The van der Waals surface area contributed by atoms with E-state index in [-0.39, 0.29) is 18.0 Å². The van der Waals surface area contributed by atoms with Gasteiger partial charge < -0.3 is 4.74 Å². The summed E-state index contributed by atoms with van der Waals surface area (Å²) < 4.78 is 5.53. The highest BCUT2D eigenvalue weighted by Crippen LogP contribution is 2.27. The van der Waals surface area contributed by atoms with Gasteiger partial charge in [0.05, 0.1) is 0 Å². The zero-order valence-corrected chi connectivity index (χ0v) is 12.3.